The molecule has 0 amide bonds. The number of rotatable bonds is 11. The normalized spacial score (nSPS) is 11.3. The van der Waals surface area contributed by atoms with Gasteiger partial charge >= 0.3 is 0 Å². The summed E-state index contributed by atoms with van der Waals surface area (Å²) in [6.07, 6.45) is 3.69. The number of phenols is 2. The second-order valence-electron chi connectivity index (χ2n) is 7.51. The molecular formula is C25H30O6. The minimum absolute atomic E-state index is 0.00452. The molecule has 0 saturated carbocycles. The van der Waals surface area contributed by atoms with Crippen molar-refractivity contribution in [1.29, 1.82) is 0 Å². The zero-order valence-electron chi connectivity index (χ0n) is 18.1. The van der Waals surface area contributed by atoms with Crippen molar-refractivity contribution >= 4 is 11.0 Å². The summed E-state index contributed by atoms with van der Waals surface area (Å²) in [7, 11) is 0. The molecule has 6 nitrogen and oxygen atoms in total. The van der Waals surface area contributed by atoms with Crippen LogP contribution in [0.2, 0.25) is 0 Å². The molecule has 0 saturated heterocycles. The lowest BCUT2D eigenvalue weighted by molar-refractivity contribution is 0.110. The van der Waals surface area contributed by atoms with Gasteiger partial charge in [0, 0.05) is 24.8 Å². The van der Waals surface area contributed by atoms with Crippen LogP contribution in [0, 0.1) is 0 Å². The summed E-state index contributed by atoms with van der Waals surface area (Å²) >= 11 is 0. The summed E-state index contributed by atoms with van der Waals surface area (Å²) in [6, 6.07) is 10.6. The fraction of sp³-hybridized carbons (Fsp3) is 0.400. The van der Waals surface area contributed by atoms with E-state index in [1.165, 1.54) is 6.07 Å². The summed E-state index contributed by atoms with van der Waals surface area (Å²) in [5.74, 6) is -0.111. The molecule has 6 heteroatoms. The van der Waals surface area contributed by atoms with Gasteiger partial charge in [0.1, 0.15) is 22.6 Å². The average molecular weight is 427 g/mol. The number of phenolic OH excluding ortho intramolecular Hbond substituents is 2. The van der Waals surface area contributed by atoms with Gasteiger partial charge in [0.15, 0.2) is 11.0 Å². The van der Waals surface area contributed by atoms with E-state index < -0.39 is 0 Å². The Morgan fingerprint density at radius 1 is 0.871 bits per heavy atom. The predicted octanol–water partition coefficient (Wildman–Crippen LogP) is 5.50. The Hall–Kier alpha value is -2.83. The first kappa shape index (κ1) is 22.8. The molecule has 2 N–H and O–H groups in total. The van der Waals surface area contributed by atoms with Crippen molar-refractivity contribution in [1.82, 2.24) is 0 Å². The first-order valence-corrected chi connectivity index (χ1v) is 10.8. The molecule has 0 bridgehead atoms. The van der Waals surface area contributed by atoms with E-state index in [1.54, 1.807) is 0 Å². The Morgan fingerprint density at radius 2 is 1.48 bits per heavy atom. The smallest absolute Gasteiger partial charge is 0.197 e. The van der Waals surface area contributed by atoms with Crippen LogP contribution in [0.15, 0.2) is 45.6 Å². The van der Waals surface area contributed by atoms with Crippen molar-refractivity contribution in [3.05, 3.63) is 57.7 Å². The van der Waals surface area contributed by atoms with Gasteiger partial charge in [-0.1, -0.05) is 57.0 Å². The number of hydrogen-bond acceptors (Lipinski definition) is 6. The Morgan fingerprint density at radius 3 is 2.10 bits per heavy atom. The SMILES string of the molecule is CCCCOCc1c(O)c(COCCCC)c2oc(-c3ccccc3)cc(=O)c2c1O. The fourth-order valence-corrected chi connectivity index (χ4v) is 3.34. The van der Waals surface area contributed by atoms with Crippen LogP contribution in [-0.2, 0) is 22.7 Å². The quantitative estimate of drug-likeness (QED) is 0.393. The van der Waals surface area contributed by atoms with Crippen LogP contribution >= 0.6 is 0 Å². The molecule has 0 fully saturated rings. The highest BCUT2D eigenvalue weighted by molar-refractivity contribution is 5.91. The molecule has 0 aliphatic rings. The summed E-state index contributed by atoms with van der Waals surface area (Å²) in [4.78, 5) is 13.0. The second kappa shape index (κ2) is 11.0. The Bertz CT molecular complexity index is 1060. The molecule has 0 radical (unpaired) electrons. The van der Waals surface area contributed by atoms with Crippen molar-refractivity contribution in [2.45, 2.75) is 52.7 Å². The lowest BCUT2D eigenvalue weighted by Crippen LogP contribution is -2.07. The predicted molar refractivity (Wildman–Crippen MR) is 120 cm³/mol. The van der Waals surface area contributed by atoms with E-state index in [0.29, 0.717) is 24.5 Å². The number of unbranched alkanes of at least 4 members (excludes halogenated alkanes) is 2. The third kappa shape index (κ3) is 5.27. The molecule has 1 aromatic heterocycles. The van der Waals surface area contributed by atoms with Crippen molar-refractivity contribution in [3.63, 3.8) is 0 Å². The van der Waals surface area contributed by atoms with Gasteiger partial charge in [0.25, 0.3) is 0 Å². The van der Waals surface area contributed by atoms with E-state index in [-0.39, 0.29) is 46.7 Å². The van der Waals surface area contributed by atoms with E-state index in [4.69, 9.17) is 13.9 Å². The molecular weight excluding hydrogens is 396 g/mol. The maximum absolute atomic E-state index is 13.0. The van der Waals surface area contributed by atoms with Gasteiger partial charge in [-0.15, -0.1) is 0 Å². The highest BCUT2D eigenvalue weighted by Gasteiger charge is 2.24. The number of aromatic hydroxyl groups is 2. The number of benzene rings is 2. The Labute approximate surface area is 182 Å². The summed E-state index contributed by atoms with van der Waals surface area (Å²) in [5.41, 5.74) is 0.994. The van der Waals surface area contributed by atoms with Crippen LogP contribution in [0.4, 0.5) is 0 Å². The second-order valence-corrected chi connectivity index (χ2v) is 7.51. The molecule has 0 spiro atoms. The van der Waals surface area contributed by atoms with Crippen LogP contribution in [0.3, 0.4) is 0 Å². The molecule has 0 atom stereocenters. The van der Waals surface area contributed by atoms with Crippen molar-refractivity contribution in [2.24, 2.45) is 0 Å². The van der Waals surface area contributed by atoms with Gasteiger partial charge in [0.05, 0.1) is 24.3 Å². The zero-order valence-corrected chi connectivity index (χ0v) is 18.1. The summed E-state index contributed by atoms with van der Waals surface area (Å²) < 4.78 is 17.4. The number of hydrogen-bond donors (Lipinski definition) is 2. The van der Waals surface area contributed by atoms with E-state index in [0.717, 1.165) is 31.2 Å². The number of ether oxygens (including phenoxy) is 2. The van der Waals surface area contributed by atoms with Crippen molar-refractivity contribution in [3.8, 4) is 22.8 Å². The minimum atomic E-state index is -0.387. The summed E-state index contributed by atoms with van der Waals surface area (Å²) in [6.45, 7) is 5.19. The van der Waals surface area contributed by atoms with Crippen molar-refractivity contribution < 1.29 is 24.1 Å². The molecule has 0 aliphatic carbocycles. The minimum Gasteiger partial charge on any atom is -0.507 e. The zero-order chi connectivity index (χ0) is 22.2. The van der Waals surface area contributed by atoms with E-state index in [9.17, 15) is 15.0 Å². The first-order chi connectivity index (χ1) is 15.1. The van der Waals surface area contributed by atoms with Gasteiger partial charge < -0.3 is 24.1 Å². The molecule has 3 aromatic rings. The molecule has 3 rings (SSSR count). The maximum Gasteiger partial charge on any atom is 0.197 e. The monoisotopic (exact) mass is 426 g/mol. The first-order valence-electron chi connectivity index (χ1n) is 10.8. The molecule has 2 aromatic carbocycles. The average Bonchev–Trinajstić information content (AvgIpc) is 2.78. The molecule has 166 valence electrons. The van der Waals surface area contributed by atoms with E-state index in [1.807, 2.05) is 30.3 Å². The maximum atomic E-state index is 13.0. The van der Waals surface area contributed by atoms with Crippen LogP contribution in [0.25, 0.3) is 22.3 Å². The fourth-order valence-electron chi connectivity index (χ4n) is 3.34. The van der Waals surface area contributed by atoms with Gasteiger partial charge in [-0.05, 0) is 12.8 Å². The molecule has 0 aliphatic heterocycles. The van der Waals surface area contributed by atoms with Crippen LogP contribution < -0.4 is 5.43 Å². The van der Waals surface area contributed by atoms with Gasteiger partial charge in [-0.3, -0.25) is 4.79 Å². The Kier molecular flexibility index (Phi) is 8.09. The highest BCUT2D eigenvalue weighted by Crippen LogP contribution is 2.40. The summed E-state index contributed by atoms with van der Waals surface area (Å²) in [5, 5.41) is 21.8. The van der Waals surface area contributed by atoms with Crippen LogP contribution in [-0.4, -0.2) is 23.4 Å². The van der Waals surface area contributed by atoms with Crippen LogP contribution in [0.5, 0.6) is 11.5 Å². The van der Waals surface area contributed by atoms with E-state index >= 15 is 0 Å². The topological polar surface area (TPSA) is 89.1 Å². The molecule has 31 heavy (non-hydrogen) atoms. The standard InChI is InChI=1S/C25H30O6/c1-3-5-12-29-15-18-23(27)19(16-30-13-6-4-2)25-22(24(18)28)20(26)14-21(31-25)17-10-8-7-9-11-17/h7-11,14,27-28H,3-6,12-13,15-16H2,1-2H3. The van der Waals surface area contributed by atoms with Crippen LogP contribution in [0.1, 0.15) is 50.7 Å². The lowest BCUT2D eigenvalue weighted by Gasteiger charge is -2.16. The third-order valence-electron chi connectivity index (χ3n) is 5.15. The largest absolute Gasteiger partial charge is 0.507 e. The van der Waals surface area contributed by atoms with Gasteiger partial charge in [0.2, 0.25) is 0 Å². The molecule has 1 heterocycles. The van der Waals surface area contributed by atoms with Gasteiger partial charge in [-0.2, -0.15) is 0 Å². The lowest BCUT2D eigenvalue weighted by atomic mass is 10.0. The van der Waals surface area contributed by atoms with Crippen molar-refractivity contribution in [2.75, 3.05) is 13.2 Å². The third-order valence-corrected chi connectivity index (χ3v) is 5.15. The highest BCUT2D eigenvalue weighted by atomic mass is 16.5. The Balaban J connectivity index is 2.12. The number of fused-ring (bicyclic) bond motifs is 1. The van der Waals surface area contributed by atoms with Gasteiger partial charge in [-0.25, -0.2) is 0 Å². The van der Waals surface area contributed by atoms with E-state index in [2.05, 4.69) is 13.8 Å². The molecule has 0 unspecified atom stereocenters.